The Morgan fingerprint density at radius 2 is 2.05 bits per heavy atom. The van der Waals surface area contributed by atoms with Gasteiger partial charge in [-0.25, -0.2) is 23.7 Å². The summed E-state index contributed by atoms with van der Waals surface area (Å²) in [5.41, 5.74) is 1.55. The van der Waals surface area contributed by atoms with Crippen LogP contribution < -0.4 is 0 Å². The highest BCUT2D eigenvalue weighted by Gasteiger charge is 2.10. The molecule has 0 aliphatic carbocycles. The number of hydrogen-bond donors (Lipinski definition) is 1. The second kappa shape index (κ2) is 4.93. The van der Waals surface area contributed by atoms with Gasteiger partial charge in [0.05, 0.1) is 6.33 Å². The number of nitrogens with one attached hydrogen (secondary N) is 1. The SMILES string of the molecule is Fc1cccc(CSc2ncnc3nc[nH]c23)c1F. The van der Waals surface area contributed by atoms with E-state index in [1.165, 1.54) is 30.5 Å². The van der Waals surface area contributed by atoms with Crippen molar-refractivity contribution in [3.8, 4) is 0 Å². The van der Waals surface area contributed by atoms with E-state index in [0.29, 0.717) is 21.8 Å². The second-order valence-electron chi connectivity index (χ2n) is 3.78. The first-order valence-corrected chi connectivity index (χ1v) is 6.44. The molecular weight excluding hydrogens is 270 g/mol. The van der Waals surface area contributed by atoms with Gasteiger partial charge in [0.15, 0.2) is 17.3 Å². The lowest BCUT2D eigenvalue weighted by molar-refractivity contribution is 0.502. The molecule has 1 N–H and O–H groups in total. The number of hydrogen-bond acceptors (Lipinski definition) is 4. The van der Waals surface area contributed by atoms with E-state index < -0.39 is 11.6 Å². The van der Waals surface area contributed by atoms with Crippen molar-refractivity contribution in [2.45, 2.75) is 10.8 Å². The van der Waals surface area contributed by atoms with E-state index in [-0.39, 0.29) is 5.75 Å². The van der Waals surface area contributed by atoms with Gasteiger partial charge in [0.25, 0.3) is 0 Å². The first-order chi connectivity index (χ1) is 9.25. The normalized spacial score (nSPS) is 11.1. The largest absolute Gasteiger partial charge is 0.341 e. The number of imidazole rings is 1. The Morgan fingerprint density at radius 3 is 2.95 bits per heavy atom. The minimum atomic E-state index is -0.840. The zero-order valence-corrected chi connectivity index (χ0v) is 10.4. The third kappa shape index (κ3) is 2.28. The molecule has 0 amide bonds. The summed E-state index contributed by atoms with van der Waals surface area (Å²) in [6.07, 6.45) is 2.92. The molecule has 0 radical (unpaired) electrons. The summed E-state index contributed by atoms with van der Waals surface area (Å²) in [7, 11) is 0. The predicted octanol–water partition coefficient (Wildman–Crippen LogP) is 2.92. The first kappa shape index (κ1) is 12.0. The van der Waals surface area contributed by atoms with Crippen molar-refractivity contribution in [2.75, 3.05) is 0 Å². The molecule has 0 bridgehead atoms. The van der Waals surface area contributed by atoms with E-state index in [4.69, 9.17) is 0 Å². The van der Waals surface area contributed by atoms with E-state index in [2.05, 4.69) is 19.9 Å². The zero-order valence-electron chi connectivity index (χ0n) is 9.60. The highest BCUT2D eigenvalue weighted by molar-refractivity contribution is 7.98. The topological polar surface area (TPSA) is 54.5 Å². The van der Waals surface area contributed by atoms with Crippen LogP contribution in [0.25, 0.3) is 11.2 Å². The maximum absolute atomic E-state index is 13.5. The lowest BCUT2D eigenvalue weighted by Gasteiger charge is -2.03. The molecule has 0 saturated carbocycles. The van der Waals surface area contributed by atoms with Crippen LogP contribution in [0.5, 0.6) is 0 Å². The van der Waals surface area contributed by atoms with Crippen LogP contribution in [0.4, 0.5) is 8.78 Å². The fourth-order valence-corrected chi connectivity index (χ4v) is 2.59. The number of rotatable bonds is 3. The van der Waals surface area contributed by atoms with E-state index in [9.17, 15) is 8.78 Å². The smallest absolute Gasteiger partial charge is 0.181 e. The summed E-state index contributed by atoms with van der Waals surface area (Å²) in [4.78, 5) is 15.0. The fraction of sp³-hybridized carbons (Fsp3) is 0.0833. The molecule has 96 valence electrons. The molecular formula is C12H8F2N4S. The van der Waals surface area contributed by atoms with Crippen molar-refractivity contribution in [3.63, 3.8) is 0 Å². The Kier molecular flexibility index (Phi) is 3.12. The van der Waals surface area contributed by atoms with Gasteiger partial charge < -0.3 is 4.98 Å². The average molecular weight is 278 g/mol. The number of thioether (sulfide) groups is 1. The monoisotopic (exact) mass is 278 g/mol. The zero-order chi connectivity index (χ0) is 13.2. The molecule has 4 nitrogen and oxygen atoms in total. The molecule has 0 saturated heterocycles. The summed E-state index contributed by atoms with van der Waals surface area (Å²) in [6.45, 7) is 0. The van der Waals surface area contributed by atoms with Crippen LogP contribution in [0.15, 0.2) is 35.9 Å². The fourth-order valence-electron chi connectivity index (χ4n) is 1.66. The van der Waals surface area contributed by atoms with E-state index >= 15 is 0 Å². The molecule has 0 atom stereocenters. The van der Waals surface area contributed by atoms with Gasteiger partial charge in [0.1, 0.15) is 16.9 Å². The standard InChI is InChI=1S/C12H8F2N4S/c13-8-3-1-2-7(9(8)14)4-19-12-10-11(16-5-15-10)17-6-18-12/h1-3,5-6H,4H2,(H,15,16,17,18). The van der Waals surface area contributed by atoms with Crippen LogP contribution in [-0.2, 0) is 5.75 Å². The Hall–Kier alpha value is -2.02. The molecule has 7 heteroatoms. The van der Waals surface area contributed by atoms with Crippen molar-refractivity contribution in [3.05, 3.63) is 48.1 Å². The second-order valence-corrected chi connectivity index (χ2v) is 4.75. The minimum Gasteiger partial charge on any atom is -0.341 e. The van der Waals surface area contributed by atoms with Gasteiger partial charge in [-0.1, -0.05) is 23.9 Å². The number of aromatic nitrogens is 4. The predicted molar refractivity (Wildman–Crippen MR) is 67.6 cm³/mol. The maximum Gasteiger partial charge on any atom is 0.181 e. The minimum absolute atomic E-state index is 0.286. The van der Waals surface area contributed by atoms with Gasteiger partial charge in [0, 0.05) is 11.3 Å². The maximum atomic E-state index is 13.5. The van der Waals surface area contributed by atoms with Gasteiger partial charge in [-0.3, -0.25) is 0 Å². The number of halogens is 2. The molecule has 0 fully saturated rings. The first-order valence-electron chi connectivity index (χ1n) is 5.45. The Morgan fingerprint density at radius 1 is 1.16 bits per heavy atom. The van der Waals surface area contributed by atoms with Gasteiger partial charge >= 0.3 is 0 Å². The van der Waals surface area contributed by atoms with Gasteiger partial charge in [-0.15, -0.1) is 0 Å². The van der Waals surface area contributed by atoms with Crippen molar-refractivity contribution < 1.29 is 8.78 Å². The number of nitrogens with zero attached hydrogens (tertiary/aromatic N) is 3. The highest BCUT2D eigenvalue weighted by Crippen LogP contribution is 2.26. The Labute approximate surface area is 111 Å². The van der Waals surface area contributed by atoms with Crippen LogP contribution in [0.3, 0.4) is 0 Å². The van der Waals surface area contributed by atoms with Crippen LogP contribution in [-0.4, -0.2) is 19.9 Å². The van der Waals surface area contributed by atoms with Crippen LogP contribution >= 0.6 is 11.8 Å². The number of aromatic amines is 1. The van der Waals surface area contributed by atoms with E-state index in [1.54, 1.807) is 6.07 Å². The van der Waals surface area contributed by atoms with Gasteiger partial charge in [-0.2, -0.15) is 0 Å². The average Bonchev–Trinajstić information content (AvgIpc) is 2.89. The van der Waals surface area contributed by atoms with Crippen molar-refractivity contribution in [1.82, 2.24) is 19.9 Å². The summed E-state index contributed by atoms with van der Waals surface area (Å²) in [5, 5.41) is 0.658. The molecule has 2 heterocycles. The number of fused-ring (bicyclic) bond motifs is 1. The van der Waals surface area contributed by atoms with Crippen LogP contribution in [0.2, 0.25) is 0 Å². The summed E-state index contributed by atoms with van der Waals surface area (Å²) < 4.78 is 26.6. The molecule has 1 aromatic carbocycles. The van der Waals surface area contributed by atoms with Crippen molar-refractivity contribution in [2.24, 2.45) is 0 Å². The summed E-state index contributed by atoms with van der Waals surface area (Å²) >= 11 is 1.30. The summed E-state index contributed by atoms with van der Waals surface area (Å²) in [6, 6.07) is 4.14. The highest BCUT2D eigenvalue weighted by atomic mass is 32.2. The number of H-pyrrole nitrogens is 1. The Balaban J connectivity index is 1.86. The van der Waals surface area contributed by atoms with Crippen LogP contribution in [0, 0.1) is 11.6 Å². The number of benzene rings is 1. The Bertz CT molecular complexity index is 729. The molecule has 0 aliphatic heterocycles. The molecule has 3 aromatic rings. The lowest BCUT2D eigenvalue weighted by atomic mass is 10.2. The summed E-state index contributed by atoms with van der Waals surface area (Å²) in [5.74, 6) is -1.37. The third-order valence-corrected chi connectivity index (χ3v) is 3.62. The molecule has 2 aromatic heterocycles. The molecule has 19 heavy (non-hydrogen) atoms. The van der Waals surface area contributed by atoms with E-state index in [0.717, 1.165) is 6.07 Å². The van der Waals surface area contributed by atoms with Gasteiger partial charge in [0.2, 0.25) is 0 Å². The lowest BCUT2D eigenvalue weighted by Crippen LogP contribution is -1.93. The van der Waals surface area contributed by atoms with Crippen molar-refractivity contribution >= 4 is 22.9 Å². The molecule has 0 aliphatic rings. The van der Waals surface area contributed by atoms with E-state index in [1.807, 2.05) is 0 Å². The molecule has 0 spiro atoms. The van der Waals surface area contributed by atoms with Gasteiger partial charge in [-0.05, 0) is 6.07 Å². The van der Waals surface area contributed by atoms with Crippen LogP contribution in [0.1, 0.15) is 5.56 Å². The van der Waals surface area contributed by atoms with Crippen molar-refractivity contribution in [1.29, 1.82) is 0 Å². The third-order valence-electron chi connectivity index (χ3n) is 2.58. The molecule has 3 rings (SSSR count). The quantitative estimate of drug-likeness (QED) is 0.591. The molecule has 0 unspecified atom stereocenters.